The Bertz CT molecular complexity index is 1010. The van der Waals surface area contributed by atoms with Gasteiger partial charge in [0.15, 0.2) is 0 Å². The zero-order valence-corrected chi connectivity index (χ0v) is 18.9. The van der Waals surface area contributed by atoms with Crippen molar-refractivity contribution in [3.05, 3.63) is 42.7 Å². The SMILES string of the molecule is O=C(Nc1cccc(S(=O)(=O)N2CCCCCC2)c1)NC1CCCN(c2ncccn2)C1. The van der Waals surface area contributed by atoms with Gasteiger partial charge in [0, 0.05) is 50.3 Å². The number of rotatable bonds is 5. The molecule has 32 heavy (non-hydrogen) atoms. The van der Waals surface area contributed by atoms with Crippen LogP contribution < -0.4 is 15.5 Å². The predicted molar refractivity (Wildman–Crippen MR) is 123 cm³/mol. The van der Waals surface area contributed by atoms with E-state index in [4.69, 9.17) is 0 Å². The van der Waals surface area contributed by atoms with Crippen LogP contribution in [0.5, 0.6) is 0 Å². The Balaban J connectivity index is 1.37. The van der Waals surface area contributed by atoms with Gasteiger partial charge in [-0.15, -0.1) is 0 Å². The number of piperidine rings is 1. The van der Waals surface area contributed by atoms with Crippen LogP contribution >= 0.6 is 0 Å². The summed E-state index contributed by atoms with van der Waals surface area (Å²) < 4.78 is 27.6. The third-order valence-corrected chi connectivity index (χ3v) is 7.78. The molecule has 1 unspecified atom stereocenters. The van der Waals surface area contributed by atoms with Crippen LogP contribution in [-0.2, 0) is 10.0 Å². The zero-order valence-electron chi connectivity index (χ0n) is 18.1. The second-order valence-corrected chi connectivity index (χ2v) is 10.2. The first-order chi connectivity index (χ1) is 15.5. The molecular formula is C22H30N6O3S. The standard InChI is InChI=1S/C22H30N6O3S/c29-22(26-19-9-6-13-27(17-19)21-23-11-7-12-24-21)25-18-8-5-10-20(16-18)32(30,31)28-14-3-1-2-4-15-28/h5,7-8,10-12,16,19H,1-4,6,9,13-15,17H2,(H2,25,26,29). The van der Waals surface area contributed by atoms with Gasteiger partial charge in [0.05, 0.1) is 4.90 Å². The number of aromatic nitrogens is 2. The van der Waals surface area contributed by atoms with Crippen molar-refractivity contribution < 1.29 is 13.2 Å². The summed E-state index contributed by atoms with van der Waals surface area (Å²) in [7, 11) is -3.57. The molecule has 2 saturated heterocycles. The van der Waals surface area contributed by atoms with E-state index in [9.17, 15) is 13.2 Å². The highest BCUT2D eigenvalue weighted by Gasteiger charge is 2.26. The second-order valence-electron chi connectivity index (χ2n) is 8.28. The van der Waals surface area contributed by atoms with Crippen LogP contribution in [0.15, 0.2) is 47.6 Å². The van der Waals surface area contributed by atoms with Gasteiger partial charge < -0.3 is 15.5 Å². The van der Waals surface area contributed by atoms with Crippen LogP contribution in [0.2, 0.25) is 0 Å². The molecule has 0 bridgehead atoms. The summed E-state index contributed by atoms with van der Waals surface area (Å²) in [5.41, 5.74) is 0.456. The fourth-order valence-electron chi connectivity index (χ4n) is 4.25. The van der Waals surface area contributed by atoms with Crippen LogP contribution in [0, 0.1) is 0 Å². The normalized spacial score (nSPS) is 20.4. The van der Waals surface area contributed by atoms with Gasteiger partial charge in [-0.1, -0.05) is 18.9 Å². The fourth-order valence-corrected chi connectivity index (χ4v) is 5.81. The van der Waals surface area contributed by atoms with E-state index < -0.39 is 10.0 Å². The Hall–Kier alpha value is -2.72. The molecule has 172 valence electrons. The molecule has 2 N–H and O–H groups in total. The molecule has 0 radical (unpaired) electrons. The van der Waals surface area contributed by atoms with E-state index in [1.165, 1.54) is 6.07 Å². The van der Waals surface area contributed by atoms with E-state index in [1.54, 1.807) is 41.0 Å². The molecule has 0 spiro atoms. The van der Waals surface area contributed by atoms with Gasteiger partial charge in [-0.2, -0.15) is 4.31 Å². The summed E-state index contributed by atoms with van der Waals surface area (Å²) in [6.45, 7) is 2.56. The summed E-state index contributed by atoms with van der Waals surface area (Å²) in [6, 6.07) is 7.86. The first kappa shape index (κ1) is 22.5. The molecule has 2 aliphatic rings. The Labute approximate surface area is 189 Å². The van der Waals surface area contributed by atoms with Gasteiger partial charge in [-0.3, -0.25) is 0 Å². The van der Waals surface area contributed by atoms with Crippen molar-refractivity contribution in [2.24, 2.45) is 0 Å². The molecule has 0 aliphatic carbocycles. The first-order valence-electron chi connectivity index (χ1n) is 11.2. The summed E-state index contributed by atoms with van der Waals surface area (Å²) in [4.78, 5) is 23.4. The molecule has 0 saturated carbocycles. The Kier molecular flexibility index (Phi) is 7.21. The molecule has 1 aromatic carbocycles. The number of hydrogen-bond donors (Lipinski definition) is 2. The van der Waals surface area contributed by atoms with Gasteiger partial charge in [0.25, 0.3) is 0 Å². The molecule has 1 atom stereocenters. The van der Waals surface area contributed by atoms with Gasteiger partial charge in [0.1, 0.15) is 0 Å². The van der Waals surface area contributed by atoms with Crippen molar-refractivity contribution >= 4 is 27.7 Å². The number of urea groups is 1. The van der Waals surface area contributed by atoms with Crippen LogP contribution in [0.3, 0.4) is 0 Å². The number of hydrogen-bond acceptors (Lipinski definition) is 6. The predicted octanol–water partition coefficient (Wildman–Crippen LogP) is 2.83. The fraction of sp³-hybridized carbons (Fsp3) is 0.500. The van der Waals surface area contributed by atoms with Crippen LogP contribution in [0.1, 0.15) is 38.5 Å². The first-order valence-corrected chi connectivity index (χ1v) is 12.7. The van der Waals surface area contributed by atoms with Crippen LogP contribution in [0.25, 0.3) is 0 Å². The van der Waals surface area contributed by atoms with E-state index in [0.29, 0.717) is 31.3 Å². The van der Waals surface area contributed by atoms with Crippen molar-refractivity contribution in [2.75, 3.05) is 36.4 Å². The zero-order chi connectivity index (χ0) is 22.4. The largest absolute Gasteiger partial charge is 0.339 e. The molecular weight excluding hydrogens is 428 g/mol. The summed E-state index contributed by atoms with van der Waals surface area (Å²) >= 11 is 0. The molecule has 4 rings (SSSR count). The molecule has 10 heteroatoms. The van der Waals surface area contributed by atoms with Crippen molar-refractivity contribution in [2.45, 2.75) is 49.5 Å². The minimum Gasteiger partial charge on any atom is -0.339 e. The van der Waals surface area contributed by atoms with Gasteiger partial charge in [-0.25, -0.2) is 23.2 Å². The Morgan fingerprint density at radius 3 is 2.47 bits per heavy atom. The average molecular weight is 459 g/mol. The Morgan fingerprint density at radius 2 is 1.72 bits per heavy atom. The highest BCUT2D eigenvalue weighted by Crippen LogP contribution is 2.23. The summed E-state index contributed by atoms with van der Waals surface area (Å²) in [5, 5.41) is 5.78. The van der Waals surface area contributed by atoms with E-state index in [-0.39, 0.29) is 17.0 Å². The lowest BCUT2D eigenvalue weighted by Crippen LogP contribution is -2.49. The van der Waals surface area contributed by atoms with Crippen LogP contribution in [-0.4, -0.2) is 60.9 Å². The molecule has 3 heterocycles. The minimum atomic E-state index is -3.57. The maximum Gasteiger partial charge on any atom is 0.319 e. The maximum absolute atomic E-state index is 13.0. The average Bonchev–Trinajstić information content (AvgIpc) is 3.10. The molecule has 9 nitrogen and oxygen atoms in total. The van der Waals surface area contributed by atoms with E-state index >= 15 is 0 Å². The second kappa shape index (κ2) is 10.3. The smallest absolute Gasteiger partial charge is 0.319 e. The van der Waals surface area contributed by atoms with E-state index in [0.717, 1.165) is 45.1 Å². The molecule has 2 aliphatic heterocycles. The summed E-state index contributed by atoms with van der Waals surface area (Å²) in [6.07, 6.45) is 9.08. The number of carbonyl (C=O) groups is 1. The topological polar surface area (TPSA) is 108 Å². The highest BCUT2D eigenvalue weighted by atomic mass is 32.2. The quantitative estimate of drug-likeness (QED) is 0.713. The number of amides is 2. The van der Waals surface area contributed by atoms with Gasteiger partial charge in [0.2, 0.25) is 16.0 Å². The highest BCUT2D eigenvalue weighted by molar-refractivity contribution is 7.89. The number of carbonyl (C=O) groups excluding carboxylic acids is 1. The number of benzene rings is 1. The maximum atomic E-state index is 13.0. The van der Waals surface area contributed by atoms with Gasteiger partial charge >= 0.3 is 6.03 Å². The van der Waals surface area contributed by atoms with Crippen molar-refractivity contribution in [3.8, 4) is 0 Å². The van der Waals surface area contributed by atoms with Gasteiger partial charge in [-0.05, 0) is 49.9 Å². The minimum absolute atomic E-state index is 0.0448. The lowest BCUT2D eigenvalue weighted by atomic mass is 10.1. The Morgan fingerprint density at radius 1 is 0.969 bits per heavy atom. The van der Waals surface area contributed by atoms with Crippen LogP contribution in [0.4, 0.5) is 16.4 Å². The number of anilines is 2. The summed E-state index contributed by atoms with van der Waals surface area (Å²) in [5.74, 6) is 0.658. The number of sulfonamides is 1. The van der Waals surface area contributed by atoms with E-state index in [1.807, 2.05) is 0 Å². The van der Waals surface area contributed by atoms with Crippen molar-refractivity contribution in [1.82, 2.24) is 19.6 Å². The molecule has 2 fully saturated rings. The molecule has 2 amide bonds. The number of nitrogens with one attached hydrogen (secondary N) is 2. The lowest BCUT2D eigenvalue weighted by molar-refractivity contribution is 0.246. The lowest BCUT2D eigenvalue weighted by Gasteiger charge is -2.33. The van der Waals surface area contributed by atoms with Crippen molar-refractivity contribution in [3.63, 3.8) is 0 Å². The molecule has 1 aromatic heterocycles. The third-order valence-electron chi connectivity index (χ3n) is 5.89. The third kappa shape index (κ3) is 5.55. The molecule has 2 aromatic rings. The number of nitrogens with zero attached hydrogens (tertiary/aromatic N) is 4. The monoisotopic (exact) mass is 458 g/mol. The van der Waals surface area contributed by atoms with Crippen molar-refractivity contribution in [1.29, 1.82) is 0 Å². The van der Waals surface area contributed by atoms with E-state index in [2.05, 4.69) is 25.5 Å².